The molecule has 0 saturated heterocycles. The van der Waals surface area contributed by atoms with E-state index in [0.717, 1.165) is 21.3 Å². The van der Waals surface area contributed by atoms with E-state index in [1.54, 1.807) is 0 Å². The van der Waals surface area contributed by atoms with Gasteiger partial charge in [-0.1, -0.05) is 21.1 Å². The quantitative estimate of drug-likeness (QED) is 0.771. The van der Waals surface area contributed by atoms with Gasteiger partial charge < -0.3 is 9.51 Å². The lowest BCUT2D eigenvalue weighted by atomic mass is 10.1. The van der Waals surface area contributed by atoms with Crippen molar-refractivity contribution in [3.05, 3.63) is 56.4 Å². The predicted octanol–water partition coefficient (Wildman–Crippen LogP) is 3.47. The van der Waals surface area contributed by atoms with E-state index in [2.05, 4.69) is 31.1 Å². The smallest absolute Gasteiger partial charge is 0.264 e. The zero-order valence-electron chi connectivity index (χ0n) is 11.5. The number of aromatic amines is 1. The Bertz CT molecular complexity index is 850. The number of hydrogen-bond donors (Lipinski definition) is 1. The van der Waals surface area contributed by atoms with Gasteiger partial charge in [-0.3, -0.25) is 4.79 Å². The van der Waals surface area contributed by atoms with E-state index < -0.39 is 0 Å². The molecule has 5 nitrogen and oxygen atoms in total. The number of H-pyrrole nitrogens is 1. The molecule has 6 heteroatoms. The van der Waals surface area contributed by atoms with E-state index in [4.69, 9.17) is 4.52 Å². The normalized spacial score (nSPS) is 10.8. The van der Waals surface area contributed by atoms with Crippen molar-refractivity contribution in [1.82, 2.24) is 15.1 Å². The Morgan fingerprint density at radius 1 is 1.19 bits per heavy atom. The fraction of sp³-hybridized carbons (Fsp3) is 0.133. The highest BCUT2D eigenvalue weighted by Gasteiger charge is 2.16. The summed E-state index contributed by atoms with van der Waals surface area (Å²) in [6, 6.07) is 9.43. The number of benzene rings is 1. The molecule has 0 bridgehead atoms. The monoisotopic (exact) mass is 345 g/mol. The van der Waals surface area contributed by atoms with Gasteiger partial charge in [-0.05, 0) is 49.7 Å². The van der Waals surface area contributed by atoms with Crippen LogP contribution in [-0.2, 0) is 0 Å². The van der Waals surface area contributed by atoms with Crippen LogP contribution in [0.3, 0.4) is 0 Å². The van der Waals surface area contributed by atoms with Gasteiger partial charge >= 0.3 is 0 Å². The Kier molecular flexibility index (Phi) is 3.47. The summed E-state index contributed by atoms with van der Waals surface area (Å²) in [6.07, 6.45) is 0. The second-order valence-corrected chi connectivity index (χ2v) is 5.69. The van der Waals surface area contributed by atoms with Crippen molar-refractivity contribution in [2.45, 2.75) is 13.8 Å². The molecule has 2 heterocycles. The van der Waals surface area contributed by atoms with Crippen molar-refractivity contribution in [2.24, 2.45) is 0 Å². The molecule has 0 aliphatic heterocycles. The highest BCUT2D eigenvalue weighted by molar-refractivity contribution is 9.10. The Labute approximate surface area is 129 Å². The molecule has 0 atom stereocenters. The number of rotatable bonds is 2. The van der Waals surface area contributed by atoms with Crippen molar-refractivity contribution in [1.29, 1.82) is 0 Å². The van der Waals surface area contributed by atoms with Gasteiger partial charge in [0.25, 0.3) is 11.4 Å². The van der Waals surface area contributed by atoms with Crippen LogP contribution in [0.2, 0.25) is 0 Å². The molecule has 21 heavy (non-hydrogen) atoms. The molecular formula is C15H12BrN3O2. The van der Waals surface area contributed by atoms with E-state index in [9.17, 15) is 4.79 Å². The maximum atomic E-state index is 12.1. The molecule has 0 aliphatic carbocycles. The van der Waals surface area contributed by atoms with E-state index >= 15 is 0 Å². The summed E-state index contributed by atoms with van der Waals surface area (Å²) in [5, 5.41) is 3.94. The topological polar surface area (TPSA) is 71.8 Å². The van der Waals surface area contributed by atoms with Gasteiger partial charge in [-0.25, -0.2) is 0 Å². The second kappa shape index (κ2) is 5.29. The van der Waals surface area contributed by atoms with E-state index in [0.29, 0.717) is 11.4 Å². The number of nitrogens with one attached hydrogen (secondary N) is 1. The Balaban J connectivity index is 2.07. The first-order valence-electron chi connectivity index (χ1n) is 6.35. The molecule has 0 saturated carbocycles. The van der Waals surface area contributed by atoms with Gasteiger partial charge in [-0.2, -0.15) is 4.98 Å². The fourth-order valence-electron chi connectivity index (χ4n) is 2.16. The van der Waals surface area contributed by atoms with Gasteiger partial charge in [0, 0.05) is 15.7 Å². The van der Waals surface area contributed by atoms with Crippen LogP contribution in [0.5, 0.6) is 0 Å². The van der Waals surface area contributed by atoms with Crippen LogP contribution in [0.4, 0.5) is 0 Å². The van der Waals surface area contributed by atoms with Gasteiger partial charge in [0.2, 0.25) is 5.82 Å². The Morgan fingerprint density at radius 2 is 1.90 bits per heavy atom. The molecule has 106 valence electrons. The first kappa shape index (κ1) is 13.8. The number of aryl methyl sites for hydroxylation is 2. The van der Waals surface area contributed by atoms with Crippen LogP contribution in [0, 0.1) is 13.8 Å². The minimum Gasteiger partial charge on any atom is -0.333 e. The summed E-state index contributed by atoms with van der Waals surface area (Å²) in [4.78, 5) is 19.1. The zero-order chi connectivity index (χ0) is 15.0. The van der Waals surface area contributed by atoms with Gasteiger partial charge in [0.05, 0.1) is 0 Å². The average molecular weight is 346 g/mol. The molecule has 0 aliphatic rings. The molecule has 3 rings (SSSR count). The lowest BCUT2D eigenvalue weighted by Crippen LogP contribution is -2.12. The lowest BCUT2D eigenvalue weighted by molar-refractivity contribution is 0.431. The van der Waals surface area contributed by atoms with Gasteiger partial charge in [-0.15, -0.1) is 0 Å². The Morgan fingerprint density at radius 3 is 2.57 bits per heavy atom. The van der Waals surface area contributed by atoms with Crippen LogP contribution in [0.1, 0.15) is 11.3 Å². The number of nitrogens with zero attached hydrogens (tertiary/aromatic N) is 2. The average Bonchev–Trinajstić information content (AvgIpc) is 2.87. The Hall–Kier alpha value is -2.21. The van der Waals surface area contributed by atoms with Gasteiger partial charge in [0.1, 0.15) is 5.56 Å². The van der Waals surface area contributed by atoms with Crippen molar-refractivity contribution < 1.29 is 4.52 Å². The molecule has 0 fully saturated rings. The minimum absolute atomic E-state index is 0.224. The fourth-order valence-corrected chi connectivity index (χ4v) is 2.43. The molecule has 3 aromatic rings. The lowest BCUT2D eigenvalue weighted by Gasteiger charge is -2.00. The summed E-state index contributed by atoms with van der Waals surface area (Å²) in [5.74, 6) is 0.684. The number of pyridine rings is 1. The van der Waals surface area contributed by atoms with E-state index in [-0.39, 0.29) is 11.4 Å². The summed E-state index contributed by atoms with van der Waals surface area (Å²) >= 11 is 3.38. The summed E-state index contributed by atoms with van der Waals surface area (Å²) < 4.78 is 6.22. The summed E-state index contributed by atoms with van der Waals surface area (Å²) in [6.45, 7) is 3.68. The van der Waals surface area contributed by atoms with Crippen molar-refractivity contribution in [3.8, 4) is 22.8 Å². The summed E-state index contributed by atoms with van der Waals surface area (Å²) in [5.41, 5.74) is 2.63. The number of halogens is 1. The molecule has 0 amide bonds. The van der Waals surface area contributed by atoms with Crippen LogP contribution >= 0.6 is 15.9 Å². The molecule has 2 aromatic heterocycles. The van der Waals surface area contributed by atoms with Crippen molar-refractivity contribution >= 4 is 15.9 Å². The maximum absolute atomic E-state index is 12.1. The molecule has 0 spiro atoms. The largest absolute Gasteiger partial charge is 0.333 e. The second-order valence-electron chi connectivity index (χ2n) is 4.77. The molecular weight excluding hydrogens is 334 g/mol. The molecule has 0 radical (unpaired) electrons. The highest BCUT2D eigenvalue weighted by atomic mass is 79.9. The maximum Gasteiger partial charge on any atom is 0.264 e. The van der Waals surface area contributed by atoms with Crippen LogP contribution < -0.4 is 5.56 Å². The number of hydrogen-bond acceptors (Lipinski definition) is 4. The third kappa shape index (κ3) is 2.67. The zero-order valence-corrected chi connectivity index (χ0v) is 13.1. The van der Waals surface area contributed by atoms with Crippen molar-refractivity contribution in [3.63, 3.8) is 0 Å². The first-order valence-corrected chi connectivity index (χ1v) is 7.14. The molecule has 1 N–H and O–H groups in total. The third-order valence-electron chi connectivity index (χ3n) is 3.11. The standard InChI is InChI=1S/C15H12BrN3O2/c1-8-7-9(2)17-14(20)12(8)15-18-13(19-21-15)10-3-5-11(16)6-4-10/h3-7H,1-2H3,(H,17,20). The highest BCUT2D eigenvalue weighted by Crippen LogP contribution is 2.23. The minimum atomic E-state index is -0.224. The predicted molar refractivity (Wildman–Crippen MR) is 83.0 cm³/mol. The van der Waals surface area contributed by atoms with E-state index in [1.807, 2.05) is 44.2 Å². The SMILES string of the molecule is Cc1cc(C)c(-c2nc(-c3ccc(Br)cc3)no2)c(=O)[nH]1. The number of aromatic nitrogens is 3. The van der Waals surface area contributed by atoms with Crippen LogP contribution in [-0.4, -0.2) is 15.1 Å². The van der Waals surface area contributed by atoms with Crippen molar-refractivity contribution in [2.75, 3.05) is 0 Å². The molecule has 1 aromatic carbocycles. The first-order chi connectivity index (χ1) is 10.0. The summed E-state index contributed by atoms with van der Waals surface area (Å²) in [7, 11) is 0. The van der Waals surface area contributed by atoms with Crippen LogP contribution in [0.15, 0.2) is 44.1 Å². The van der Waals surface area contributed by atoms with Crippen LogP contribution in [0.25, 0.3) is 22.8 Å². The van der Waals surface area contributed by atoms with E-state index in [1.165, 1.54) is 0 Å². The third-order valence-corrected chi connectivity index (χ3v) is 3.64. The molecule has 0 unspecified atom stereocenters. The van der Waals surface area contributed by atoms with Gasteiger partial charge in [0.15, 0.2) is 0 Å².